The first-order valence-corrected chi connectivity index (χ1v) is 7.04. The second-order valence-electron chi connectivity index (χ2n) is 4.09. The molecule has 0 atom stereocenters. The molecule has 0 saturated heterocycles. The van der Waals surface area contributed by atoms with E-state index in [1.165, 1.54) is 0 Å². The monoisotopic (exact) mass is 262 g/mol. The van der Waals surface area contributed by atoms with Gasteiger partial charge in [-0.25, -0.2) is 0 Å². The maximum absolute atomic E-state index is 5.46. The van der Waals surface area contributed by atoms with Crippen molar-refractivity contribution in [2.24, 2.45) is 5.73 Å². The number of unbranched alkanes of at least 4 members (excludes halogenated alkanes) is 2. The zero-order chi connectivity index (χ0) is 12.6. The van der Waals surface area contributed by atoms with Gasteiger partial charge in [0.25, 0.3) is 0 Å². The maximum Gasteiger partial charge on any atom is 0.210 e. The molecule has 3 N–H and O–H groups in total. The van der Waals surface area contributed by atoms with E-state index in [-0.39, 0.29) is 0 Å². The molecule has 0 aliphatic carbocycles. The molecule has 1 heterocycles. The van der Waals surface area contributed by atoms with Crippen LogP contribution in [0.4, 0.5) is 10.8 Å². The Morgan fingerprint density at radius 1 is 1.06 bits per heavy atom. The number of hydrogen-bond donors (Lipinski definition) is 2. The van der Waals surface area contributed by atoms with Crippen molar-refractivity contribution in [3.8, 4) is 0 Å². The second-order valence-corrected chi connectivity index (χ2v) is 5.15. The molecule has 0 spiro atoms. The largest absolute Gasteiger partial charge is 0.330 e. The zero-order valence-electron chi connectivity index (χ0n) is 10.3. The topological polar surface area (TPSA) is 63.8 Å². The lowest BCUT2D eigenvalue weighted by molar-refractivity contribution is 0.681. The van der Waals surface area contributed by atoms with Gasteiger partial charge in [-0.05, 0) is 31.5 Å². The quantitative estimate of drug-likeness (QED) is 0.753. The molecule has 0 aliphatic heterocycles. The fourth-order valence-corrected chi connectivity index (χ4v) is 2.45. The van der Waals surface area contributed by atoms with Gasteiger partial charge in [-0.2, -0.15) is 0 Å². The number of para-hydroxylation sites is 1. The van der Waals surface area contributed by atoms with Gasteiger partial charge in [0.05, 0.1) is 0 Å². The second kappa shape index (κ2) is 7.08. The van der Waals surface area contributed by atoms with E-state index in [9.17, 15) is 0 Å². The molecule has 0 amide bonds. The third-order valence-electron chi connectivity index (χ3n) is 2.59. The number of benzene rings is 1. The maximum atomic E-state index is 5.46. The number of anilines is 2. The zero-order valence-corrected chi connectivity index (χ0v) is 11.1. The molecule has 0 radical (unpaired) electrons. The highest BCUT2D eigenvalue weighted by Gasteiger charge is 2.03. The van der Waals surface area contributed by atoms with E-state index in [2.05, 4.69) is 15.5 Å². The minimum absolute atomic E-state index is 0.775. The van der Waals surface area contributed by atoms with Crippen molar-refractivity contribution in [3.63, 3.8) is 0 Å². The Morgan fingerprint density at radius 3 is 2.67 bits per heavy atom. The molecular weight excluding hydrogens is 244 g/mol. The summed E-state index contributed by atoms with van der Waals surface area (Å²) in [6.07, 6.45) is 4.39. The fraction of sp³-hybridized carbons (Fsp3) is 0.385. The van der Waals surface area contributed by atoms with Gasteiger partial charge in [0.15, 0.2) is 0 Å². The van der Waals surface area contributed by atoms with E-state index < -0.39 is 0 Å². The third kappa shape index (κ3) is 4.09. The first kappa shape index (κ1) is 13.0. The molecule has 1 aromatic heterocycles. The van der Waals surface area contributed by atoms with Gasteiger partial charge in [0.2, 0.25) is 5.13 Å². The van der Waals surface area contributed by atoms with E-state index in [1.54, 1.807) is 11.3 Å². The minimum atomic E-state index is 0.775. The Kier molecular flexibility index (Phi) is 5.11. The van der Waals surface area contributed by atoms with Crippen LogP contribution in [0, 0.1) is 0 Å². The van der Waals surface area contributed by atoms with E-state index in [0.717, 1.165) is 48.1 Å². The molecule has 18 heavy (non-hydrogen) atoms. The number of rotatable bonds is 7. The molecule has 4 nitrogen and oxygen atoms in total. The highest BCUT2D eigenvalue weighted by molar-refractivity contribution is 7.15. The number of nitrogens with two attached hydrogens (primary N) is 1. The molecule has 0 unspecified atom stereocenters. The van der Waals surface area contributed by atoms with Crippen LogP contribution in [0.3, 0.4) is 0 Å². The lowest BCUT2D eigenvalue weighted by Crippen LogP contribution is -1.98. The van der Waals surface area contributed by atoms with Crippen molar-refractivity contribution < 1.29 is 0 Å². The lowest BCUT2D eigenvalue weighted by Gasteiger charge is -1.99. The number of aromatic nitrogens is 2. The van der Waals surface area contributed by atoms with Crippen LogP contribution in [0.1, 0.15) is 24.3 Å². The van der Waals surface area contributed by atoms with Gasteiger partial charge < -0.3 is 11.1 Å². The molecule has 0 fully saturated rings. The van der Waals surface area contributed by atoms with E-state index >= 15 is 0 Å². The van der Waals surface area contributed by atoms with Crippen molar-refractivity contribution in [2.75, 3.05) is 11.9 Å². The normalized spacial score (nSPS) is 10.5. The van der Waals surface area contributed by atoms with Crippen LogP contribution in [0.25, 0.3) is 0 Å². The predicted molar refractivity (Wildman–Crippen MR) is 76.2 cm³/mol. The fourth-order valence-electron chi connectivity index (χ4n) is 1.65. The highest BCUT2D eigenvalue weighted by atomic mass is 32.1. The lowest BCUT2D eigenvalue weighted by atomic mass is 10.2. The van der Waals surface area contributed by atoms with Gasteiger partial charge in [-0.15, -0.1) is 10.2 Å². The van der Waals surface area contributed by atoms with Crippen LogP contribution < -0.4 is 11.1 Å². The summed E-state index contributed by atoms with van der Waals surface area (Å²) in [5.41, 5.74) is 6.51. The summed E-state index contributed by atoms with van der Waals surface area (Å²) in [7, 11) is 0. The first-order chi connectivity index (χ1) is 8.88. The molecule has 5 heteroatoms. The summed E-state index contributed by atoms with van der Waals surface area (Å²) in [6, 6.07) is 10.0. The Hall–Kier alpha value is -1.46. The summed E-state index contributed by atoms with van der Waals surface area (Å²) in [6.45, 7) is 0.775. The van der Waals surface area contributed by atoms with Gasteiger partial charge >= 0.3 is 0 Å². The first-order valence-electron chi connectivity index (χ1n) is 6.23. The van der Waals surface area contributed by atoms with E-state index in [0.29, 0.717) is 0 Å². The summed E-state index contributed by atoms with van der Waals surface area (Å²) < 4.78 is 0. The summed E-state index contributed by atoms with van der Waals surface area (Å²) in [4.78, 5) is 0. The molecule has 96 valence electrons. The SMILES string of the molecule is NCCCCCc1nnc(Nc2ccccc2)s1. The Bertz CT molecular complexity index is 455. The van der Waals surface area contributed by atoms with Crippen molar-refractivity contribution >= 4 is 22.2 Å². The Morgan fingerprint density at radius 2 is 1.89 bits per heavy atom. The average Bonchev–Trinajstić information content (AvgIpc) is 2.84. The van der Waals surface area contributed by atoms with Gasteiger partial charge in [-0.1, -0.05) is 36.0 Å². The summed E-state index contributed by atoms with van der Waals surface area (Å²) in [5, 5.41) is 13.5. The Balaban J connectivity index is 1.83. The van der Waals surface area contributed by atoms with Crippen molar-refractivity contribution in [2.45, 2.75) is 25.7 Å². The standard InChI is InChI=1S/C13H18N4S/c14-10-6-2-5-9-12-16-17-13(18-12)15-11-7-3-1-4-8-11/h1,3-4,7-8H,2,5-6,9-10,14H2,(H,15,17). The van der Waals surface area contributed by atoms with Crippen LogP contribution in [0.5, 0.6) is 0 Å². The Labute approximate surface area is 111 Å². The minimum Gasteiger partial charge on any atom is -0.330 e. The van der Waals surface area contributed by atoms with Gasteiger partial charge in [0, 0.05) is 12.1 Å². The van der Waals surface area contributed by atoms with Gasteiger partial charge in [-0.3, -0.25) is 0 Å². The predicted octanol–water partition coefficient (Wildman–Crippen LogP) is 2.95. The van der Waals surface area contributed by atoms with E-state index in [1.807, 2.05) is 30.3 Å². The van der Waals surface area contributed by atoms with Crippen LogP contribution >= 0.6 is 11.3 Å². The third-order valence-corrected chi connectivity index (χ3v) is 3.49. The van der Waals surface area contributed by atoms with E-state index in [4.69, 9.17) is 5.73 Å². The van der Waals surface area contributed by atoms with Crippen LogP contribution in [-0.4, -0.2) is 16.7 Å². The molecule has 0 bridgehead atoms. The number of aryl methyl sites for hydroxylation is 1. The van der Waals surface area contributed by atoms with Crippen LogP contribution in [0.2, 0.25) is 0 Å². The van der Waals surface area contributed by atoms with Crippen LogP contribution in [0.15, 0.2) is 30.3 Å². The van der Waals surface area contributed by atoms with Gasteiger partial charge in [0.1, 0.15) is 5.01 Å². The number of nitrogens with one attached hydrogen (secondary N) is 1. The molecule has 0 aliphatic rings. The number of nitrogens with zero attached hydrogens (tertiary/aromatic N) is 2. The molecule has 0 saturated carbocycles. The molecule has 2 rings (SSSR count). The van der Waals surface area contributed by atoms with Crippen molar-refractivity contribution in [1.82, 2.24) is 10.2 Å². The molecule has 2 aromatic rings. The summed E-state index contributed by atoms with van der Waals surface area (Å²) in [5.74, 6) is 0. The molecular formula is C13H18N4S. The molecule has 1 aromatic carbocycles. The smallest absolute Gasteiger partial charge is 0.210 e. The van der Waals surface area contributed by atoms with Crippen molar-refractivity contribution in [1.29, 1.82) is 0 Å². The average molecular weight is 262 g/mol. The number of hydrogen-bond acceptors (Lipinski definition) is 5. The van der Waals surface area contributed by atoms with Crippen molar-refractivity contribution in [3.05, 3.63) is 35.3 Å². The van der Waals surface area contributed by atoms with Crippen LogP contribution in [-0.2, 0) is 6.42 Å². The highest BCUT2D eigenvalue weighted by Crippen LogP contribution is 2.21. The summed E-state index contributed by atoms with van der Waals surface area (Å²) >= 11 is 1.62.